The molecular weight excluding hydrogens is 100 g/mol. The molecule has 2 nitrogen and oxygen atoms in total. The van der Waals surface area contributed by atoms with Gasteiger partial charge in [-0.25, -0.2) is 0 Å². The van der Waals surface area contributed by atoms with Crippen molar-refractivity contribution in [2.75, 3.05) is 20.1 Å². The van der Waals surface area contributed by atoms with Crippen LogP contribution in [0, 0.1) is 0 Å². The van der Waals surface area contributed by atoms with Gasteiger partial charge in [0.1, 0.15) is 0 Å². The molecule has 0 aromatic carbocycles. The zero-order chi connectivity index (χ0) is 6.24. The zero-order valence-corrected chi connectivity index (χ0v) is 5.57. The lowest BCUT2D eigenvalue weighted by Crippen LogP contribution is -2.20. The minimum Gasteiger partial charge on any atom is -0.390 e. The van der Waals surface area contributed by atoms with E-state index in [0.29, 0.717) is 0 Å². The van der Waals surface area contributed by atoms with E-state index in [1.165, 1.54) is 0 Å². The van der Waals surface area contributed by atoms with Crippen molar-refractivity contribution in [3.63, 3.8) is 0 Å². The third kappa shape index (κ3) is 5.50. The highest BCUT2D eigenvalue weighted by atomic mass is 14.9. The number of rotatable bonds is 4. The molecule has 0 unspecified atom stereocenters. The van der Waals surface area contributed by atoms with Crippen LogP contribution in [-0.2, 0) is 0 Å². The van der Waals surface area contributed by atoms with Crippen molar-refractivity contribution in [3.05, 3.63) is 12.3 Å². The van der Waals surface area contributed by atoms with Gasteiger partial charge in [-0.2, -0.15) is 0 Å². The van der Waals surface area contributed by atoms with Crippen molar-refractivity contribution in [2.24, 2.45) is 0 Å². The highest BCUT2D eigenvalue weighted by Gasteiger charge is 1.73. The standard InChI is InChI=1S/C6H14N2/c1-3-4-8-6-5-7-2/h3-4,7-8H,5-6H2,1-2H3/b4-3+. The van der Waals surface area contributed by atoms with E-state index in [-0.39, 0.29) is 0 Å². The second kappa shape index (κ2) is 6.50. The lowest BCUT2D eigenvalue weighted by molar-refractivity contribution is 0.739. The van der Waals surface area contributed by atoms with Crippen LogP contribution in [0.2, 0.25) is 0 Å². The summed E-state index contributed by atoms with van der Waals surface area (Å²) in [6.45, 7) is 4.01. The van der Waals surface area contributed by atoms with Crippen LogP contribution in [0.1, 0.15) is 6.92 Å². The molecule has 0 spiro atoms. The Hall–Kier alpha value is -0.500. The first-order valence-corrected chi connectivity index (χ1v) is 2.91. The summed E-state index contributed by atoms with van der Waals surface area (Å²) in [5.74, 6) is 0. The van der Waals surface area contributed by atoms with Crippen LogP contribution in [0.5, 0.6) is 0 Å². The van der Waals surface area contributed by atoms with Gasteiger partial charge in [0.2, 0.25) is 0 Å². The zero-order valence-electron chi connectivity index (χ0n) is 5.57. The summed E-state index contributed by atoms with van der Waals surface area (Å²) in [4.78, 5) is 0. The fraction of sp³-hybridized carbons (Fsp3) is 0.667. The lowest BCUT2D eigenvalue weighted by atomic mass is 10.6. The van der Waals surface area contributed by atoms with Crippen molar-refractivity contribution >= 4 is 0 Å². The average molecular weight is 114 g/mol. The summed E-state index contributed by atoms with van der Waals surface area (Å²) < 4.78 is 0. The molecule has 0 radical (unpaired) electrons. The molecule has 0 aromatic heterocycles. The van der Waals surface area contributed by atoms with E-state index in [1.54, 1.807) is 0 Å². The second-order valence-corrected chi connectivity index (χ2v) is 1.56. The van der Waals surface area contributed by atoms with Crippen LogP contribution in [-0.4, -0.2) is 20.1 Å². The smallest absolute Gasteiger partial charge is 0.0266 e. The molecule has 0 bridgehead atoms. The summed E-state index contributed by atoms with van der Waals surface area (Å²) in [5, 5.41) is 6.12. The molecule has 0 aliphatic heterocycles. The van der Waals surface area contributed by atoms with Crippen LogP contribution in [0.15, 0.2) is 12.3 Å². The Morgan fingerprint density at radius 2 is 2.12 bits per heavy atom. The van der Waals surface area contributed by atoms with Crippen molar-refractivity contribution in [3.8, 4) is 0 Å². The van der Waals surface area contributed by atoms with Gasteiger partial charge in [-0.15, -0.1) is 0 Å². The van der Waals surface area contributed by atoms with Crippen LogP contribution in [0.25, 0.3) is 0 Å². The van der Waals surface area contributed by atoms with E-state index in [9.17, 15) is 0 Å². The Kier molecular flexibility index (Phi) is 6.09. The molecule has 0 rings (SSSR count). The van der Waals surface area contributed by atoms with Gasteiger partial charge in [0.25, 0.3) is 0 Å². The molecule has 0 aliphatic rings. The maximum Gasteiger partial charge on any atom is 0.0266 e. The van der Waals surface area contributed by atoms with Gasteiger partial charge in [0.15, 0.2) is 0 Å². The minimum absolute atomic E-state index is 1.00. The molecule has 8 heavy (non-hydrogen) atoms. The monoisotopic (exact) mass is 114 g/mol. The van der Waals surface area contributed by atoms with E-state index in [0.717, 1.165) is 13.1 Å². The number of allylic oxidation sites excluding steroid dienone is 1. The Balaban J connectivity index is 2.72. The Morgan fingerprint density at radius 1 is 1.38 bits per heavy atom. The first-order chi connectivity index (χ1) is 3.91. The molecule has 2 heteroatoms. The Bertz CT molecular complexity index is 59.5. The Morgan fingerprint density at radius 3 is 2.62 bits per heavy atom. The summed E-state index contributed by atoms with van der Waals surface area (Å²) in [5.41, 5.74) is 0. The van der Waals surface area contributed by atoms with Crippen molar-refractivity contribution in [2.45, 2.75) is 6.92 Å². The molecule has 0 fully saturated rings. The molecule has 0 atom stereocenters. The van der Waals surface area contributed by atoms with Gasteiger partial charge in [0, 0.05) is 13.1 Å². The summed E-state index contributed by atoms with van der Waals surface area (Å²) in [6, 6.07) is 0. The molecule has 0 aliphatic carbocycles. The summed E-state index contributed by atoms with van der Waals surface area (Å²) >= 11 is 0. The lowest BCUT2D eigenvalue weighted by Gasteiger charge is -1.96. The number of hydrogen-bond donors (Lipinski definition) is 2. The maximum atomic E-state index is 3.09. The third-order valence-electron chi connectivity index (χ3n) is 0.804. The van der Waals surface area contributed by atoms with Crippen LogP contribution in [0.4, 0.5) is 0 Å². The van der Waals surface area contributed by atoms with E-state index in [2.05, 4.69) is 10.6 Å². The van der Waals surface area contributed by atoms with E-state index in [4.69, 9.17) is 0 Å². The number of likely N-dealkylation sites (N-methyl/N-ethyl adjacent to an activating group) is 1. The van der Waals surface area contributed by atoms with Gasteiger partial charge >= 0.3 is 0 Å². The van der Waals surface area contributed by atoms with Gasteiger partial charge < -0.3 is 10.6 Å². The predicted octanol–water partition coefficient (Wildman–Crippen LogP) is 0.329. The van der Waals surface area contributed by atoms with Gasteiger partial charge in [-0.3, -0.25) is 0 Å². The minimum atomic E-state index is 1.00. The molecule has 0 saturated heterocycles. The predicted molar refractivity (Wildman–Crippen MR) is 36.7 cm³/mol. The highest BCUT2D eigenvalue weighted by molar-refractivity contribution is 4.73. The van der Waals surface area contributed by atoms with Crippen LogP contribution >= 0.6 is 0 Å². The Labute approximate surface area is 51.0 Å². The largest absolute Gasteiger partial charge is 0.390 e. The third-order valence-corrected chi connectivity index (χ3v) is 0.804. The molecule has 0 aromatic rings. The van der Waals surface area contributed by atoms with Crippen LogP contribution in [0.3, 0.4) is 0 Å². The van der Waals surface area contributed by atoms with E-state index in [1.807, 2.05) is 26.2 Å². The van der Waals surface area contributed by atoms with Crippen LogP contribution < -0.4 is 10.6 Å². The topological polar surface area (TPSA) is 24.1 Å². The summed E-state index contributed by atoms with van der Waals surface area (Å²) in [7, 11) is 1.94. The second-order valence-electron chi connectivity index (χ2n) is 1.56. The molecule has 48 valence electrons. The first kappa shape index (κ1) is 7.50. The fourth-order valence-electron chi connectivity index (χ4n) is 0.398. The quantitative estimate of drug-likeness (QED) is 0.515. The SMILES string of the molecule is C/C=C/NCCNC. The average Bonchev–Trinajstić information content (AvgIpc) is 1.81. The normalized spacial score (nSPS) is 10.2. The van der Waals surface area contributed by atoms with E-state index < -0.39 is 0 Å². The molecule has 0 amide bonds. The summed E-state index contributed by atoms with van der Waals surface area (Å²) in [6.07, 6.45) is 3.92. The first-order valence-electron chi connectivity index (χ1n) is 2.91. The van der Waals surface area contributed by atoms with Crippen molar-refractivity contribution in [1.82, 2.24) is 10.6 Å². The maximum absolute atomic E-state index is 3.09. The highest BCUT2D eigenvalue weighted by Crippen LogP contribution is 1.60. The van der Waals surface area contributed by atoms with Crippen molar-refractivity contribution < 1.29 is 0 Å². The van der Waals surface area contributed by atoms with Gasteiger partial charge in [-0.05, 0) is 20.2 Å². The molecule has 2 N–H and O–H groups in total. The van der Waals surface area contributed by atoms with Gasteiger partial charge in [0.05, 0.1) is 0 Å². The number of hydrogen-bond acceptors (Lipinski definition) is 2. The molecule has 0 heterocycles. The van der Waals surface area contributed by atoms with E-state index >= 15 is 0 Å². The van der Waals surface area contributed by atoms with Crippen molar-refractivity contribution in [1.29, 1.82) is 0 Å². The van der Waals surface area contributed by atoms with Gasteiger partial charge in [-0.1, -0.05) is 6.08 Å². The fourth-order valence-corrected chi connectivity index (χ4v) is 0.398. The molecular formula is C6H14N2. The number of nitrogens with one attached hydrogen (secondary N) is 2. The molecule has 0 saturated carbocycles.